The van der Waals surface area contributed by atoms with E-state index in [1.165, 1.54) is 32.2 Å². The van der Waals surface area contributed by atoms with Crippen molar-refractivity contribution in [2.24, 2.45) is 0 Å². The van der Waals surface area contributed by atoms with Crippen LogP contribution in [0.4, 0.5) is 8.78 Å². The lowest BCUT2D eigenvalue weighted by Crippen LogP contribution is -2.38. The standard InChI is InChI=1S/C22H25F2NO5/c1-4-15(16-8-6-5-7-9-16)13-25-20(26)14(2)29-21(27)17-10-11-18(30-22(23)24)19(12-17)28-3/h5-12,14-15,22H,4,13H2,1-3H3,(H,25,26)/t14-,15+/m0/s1. The fourth-order valence-corrected chi connectivity index (χ4v) is 2.86. The van der Waals surface area contributed by atoms with Crippen LogP contribution in [0.5, 0.6) is 11.5 Å². The number of carbonyl (C=O) groups is 2. The molecule has 8 heteroatoms. The molecular formula is C22H25F2NO5. The topological polar surface area (TPSA) is 73.9 Å². The first-order valence-electron chi connectivity index (χ1n) is 9.52. The summed E-state index contributed by atoms with van der Waals surface area (Å²) in [6.07, 6.45) is -0.195. The van der Waals surface area contributed by atoms with Gasteiger partial charge < -0.3 is 19.5 Å². The van der Waals surface area contributed by atoms with Crippen LogP contribution in [0.25, 0.3) is 0 Å². The Balaban J connectivity index is 1.95. The van der Waals surface area contributed by atoms with E-state index in [4.69, 9.17) is 9.47 Å². The van der Waals surface area contributed by atoms with Gasteiger partial charge >= 0.3 is 12.6 Å². The van der Waals surface area contributed by atoms with Crippen molar-refractivity contribution < 1.29 is 32.6 Å². The Morgan fingerprint density at radius 1 is 1.07 bits per heavy atom. The molecule has 0 unspecified atom stereocenters. The average Bonchev–Trinajstić information content (AvgIpc) is 2.74. The molecule has 0 aliphatic heterocycles. The number of hydrogen-bond donors (Lipinski definition) is 1. The molecule has 0 bridgehead atoms. The zero-order chi connectivity index (χ0) is 22.1. The molecule has 0 saturated carbocycles. The highest BCUT2D eigenvalue weighted by molar-refractivity contribution is 5.92. The van der Waals surface area contributed by atoms with Crippen molar-refractivity contribution in [2.45, 2.75) is 38.9 Å². The third-order valence-electron chi connectivity index (χ3n) is 4.55. The Morgan fingerprint density at radius 3 is 2.37 bits per heavy atom. The quantitative estimate of drug-likeness (QED) is 0.584. The number of halogens is 2. The van der Waals surface area contributed by atoms with Crippen LogP contribution in [0.15, 0.2) is 48.5 Å². The van der Waals surface area contributed by atoms with Gasteiger partial charge in [0, 0.05) is 12.5 Å². The number of rotatable bonds is 10. The molecule has 30 heavy (non-hydrogen) atoms. The van der Waals surface area contributed by atoms with E-state index in [1.807, 2.05) is 37.3 Å². The molecule has 1 N–H and O–H groups in total. The highest BCUT2D eigenvalue weighted by atomic mass is 19.3. The van der Waals surface area contributed by atoms with Crippen LogP contribution in [-0.2, 0) is 9.53 Å². The Labute approximate surface area is 174 Å². The van der Waals surface area contributed by atoms with E-state index in [9.17, 15) is 18.4 Å². The van der Waals surface area contributed by atoms with Crippen LogP contribution in [0, 0.1) is 0 Å². The van der Waals surface area contributed by atoms with Crippen molar-refractivity contribution in [3.05, 3.63) is 59.7 Å². The zero-order valence-corrected chi connectivity index (χ0v) is 17.1. The summed E-state index contributed by atoms with van der Waals surface area (Å²) < 4.78 is 39.3. The summed E-state index contributed by atoms with van der Waals surface area (Å²) in [4.78, 5) is 24.7. The van der Waals surface area contributed by atoms with Gasteiger partial charge in [-0.1, -0.05) is 37.3 Å². The SMILES string of the molecule is CC[C@H](CNC(=O)[C@H](C)OC(=O)c1ccc(OC(F)F)c(OC)c1)c1ccccc1. The van der Waals surface area contributed by atoms with Gasteiger partial charge in [-0.25, -0.2) is 4.79 Å². The molecule has 162 valence electrons. The largest absolute Gasteiger partial charge is 0.493 e. The van der Waals surface area contributed by atoms with Crippen LogP contribution >= 0.6 is 0 Å². The van der Waals surface area contributed by atoms with Crippen molar-refractivity contribution in [1.82, 2.24) is 5.32 Å². The molecule has 6 nitrogen and oxygen atoms in total. The lowest BCUT2D eigenvalue weighted by Gasteiger charge is -2.19. The number of benzene rings is 2. The first kappa shape index (κ1) is 23.1. The van der Waals surface area contributed by atoms with Crippen LogP contribution in [0.1, 0.15) is 42.1 Å². The molecular weight excluding hydrogens is 396 g/mol. The average molecular weight is 421 g/mol. The van der Waals surface area contributed by atoms with E-state index < -0.39 is 24.6 Å². The Kier molecular flexibility index (Phi) is 8.58. The highest BCUT2D eigenvalue weighted by Gasteiger charge is 2.21. The molecule has 0 heterocycles. The van der Waals surface area contributed by atoms with Gasteiger partial charge in [-0.15, -0.1) is 0 Å². The molecule has 0 radical (unpaired) electrons. The fourth-order valence-electron chi connectivity index (χ4n) is 2.86. The molecule has 2 aromatic carbocycles. The number of carbonyl (C=O) groups excluding carboxylic acids is 2. The van der Waals surface area contributed by atoms with Crippen LogP contribution in [-0.4, -0.2) is 38.2 Å². The van der Waals surface area contributed by atoms with Crippen molar-refractivity contribution in [3.8, 4) is 11.5 Å². The number of hydrogen-bond acceptors (Lipinski definition) is 5. The van der Waals surface area contributed by atoms with Gasteiger partial charge in [-0.3, -0.25) is 4.79 Å². The normalized spacial score (nSPS) is 12.7. The maximum Gasteiger partial charge on any atom is 0.387 e. The predicted molar refractivity (Wildman–Crippen MR) is 107 cm³/mol. The first-order chi connectivity index (χ1) is 14.3. The summed E-state index contributed by atoms with van der Waals surface area (Å²) in [5.41, 5.74) is 1.16. The number of esters is 1. The lowest BCUT2D eigenvalue weighted by atomic mass is 9.96. The van der Waals surface area contributed by atoms with Gasteiger partial charge in [-0.05, 0) is 37.1 Å². The Morgan fingerprint density at radius 2 is 1.77 bits per heavy atom. The van der Waals surface area contributed by atoms with E-state index >= 15 is 0 Å². The first-order valence-corrected chi connectivity index (χ1v) is 9.52. The smallest absolute Gasteiger partial charge is 0.387 e. The van der Waals surface area contributed by atoms with Crippen molar-refractivity contribution in [2.75, 3.05) is 13.7 Å². The minimum absolute atomic E-state index is 0.0452. The fraction of sp³-hybridized carbons (Fsp3) is 0.364. The summed E-state index contributed by atoms with van der Waals surface area (Å²) in [5.74, 6) is -1.32. The molecule has 0 aliphatic carbocycles. The van der Waals surface area contributed by atoms with Crippen LogP contribution < -0.4 is 14.8 Å². The molecule has 1 amide bonds. The van der Waals surface area contributed by atoms with E-state index in [1.54, 1.807) is 0 Å². The second-order valence-electron chi connectivity index (χ2n) is 6.55. The van der Waals surface area contributed by atoms with E-state index in [2.05, 4.69) is 10.1 Å². The number of methoxy groups -OCH3 is 1. The molecule has 0 fully saturated rings. The molecule has 0 spiro atoms. The van der Waals surface area contributed by atoms with Crippen molar-refractivity contribution in [3.63, 3.8) is 0 Å². The third-order valence-corrected chi connectivity index (χ3v) is 4.55. The summed E-state index contributed by atoms with van der Waals surface area (Å²) in [5, 5.41) is 2.80. The summed E-state index contributed by atoms with van der Waals surface area (Å²) in [6, 6.07) is 13.5. The predicted octanol–water partition coefficient (Wildman–Crippen LogP) is 4.15. The molecule has 0 aliphatic rings. The second kappa shape index (κ2) is 11.1. The Bertz CT molecular complexity index is 845. The maximum atomic E-state index is 12.4. The van der Waals surface area contributed by atoms with E-state index in [-0.39, 0.29) is 23.0 Å². The summed E-state index contributed by atoms with van der Waals surface area (Å²) in [6.45, 7) is 0.877. The van der Waals surface area contributed by atoms with Gasteiger partial charge in [0.25, 0.3) is 5.91 Å². The van der Waals surface area contributed by atoms with Crippen LogP contribution in [0.3, 0.4) is 0 Å². The van der Waals surface area contributed by atoms with Crippen LogP contribution in [0.2, 0.25) is 0 Å². The monoisotopic (exact) mass is 421 g/mol. The molecule has 0 saturated heterocycles. The minimum atomic E-state index is -3.02. The summed E-state index contributed by atoms with van der Waals surface area (Å²) >= 11 is 0. The zero-order valence-electron chi connectivity index (χ0n) is 17.1. The Hall–Kier alpha value is -3.16. The summed E-state index contributed by atoms with van der Waals surface area (Å²) in [7, 11) is 1.26. The number of nitrogens with one attached hydrogen (secondary N) is 1. The molecule has 2 rings (SSSR count). The van der Waals surface area contributed by atoms with E-state index in [0.29, 0.717) is 6.54 Å². The molecule has 2 aromatic rings. The van der Waals surface area contributed by atoms with Crippen molar-refractivity contribution >= 4 is 11.9 Å². The van der Waals surface area contributed by atoms with Gasteiger partial charge in [0.1, 0.15) is 0 Å². The van der Waals surface area contributed by atoms with Gasteiger partial charge in [0.05, 0.1) is 12.7 Å². The molecule has 2 atom stereocenters. The van der Waals surface area contributed by atoms with Gasteiger partial charge in [0.15, 0.2) is 17.6 Å². The number of amides is 1. The lowest BCUT2D eigenvalue weighted by molar-refractivity contribution is -0.129. The highest BCUT2D eigenvalue weighted by Crippen LogP contribution is 2.29. The van der Waals surface area contributed by atoms with Gasteiger partial charge in [-0.2, -0.15) is 8.78 Å². The second-order valence-corrected chi connectivity index (χ2v) is 6.55. The minimum Gasteiger partial charge on any atom is -0.493 e. The number of alkyl halides is 2. The molecule has 0 aromatic heterocycles. The number of ether oxygens (including phenoxy) is 3. The third kappa shape index (κ3) is 6.43. The van der Waals surface area contributed by atoms with E-state index in [0.717, 1.165) is 12.0 Å². The van der Waals surface area contributed by atoms with Crippen molar-refractivity contribution in [1.29, 1.82) is 0 Å². The maximum absolute atomic E-state index is 12.4. The van der Waals surface area contributed by atoms with Gasteiger partial charge in [0.2, 0.25) is 0 Å².